The molecular weight excluding hydrogens is 518 g/mol. The van der Waals surface area contributed by atoms with Gasteiger partial charge < -0.3 is 43.6 Å². The van der Waals surface area contributed by atoms with Crippen molar-refractivity contribution in [1.29, 1.82) is 0 Å². The number of hydrogen-bond acceptors (Lipinski definition) is 10. The van der Waals surface area contributed by atoms with Crippen LogP contribution in [0.1, 0.15) is 58.3 Å². The summed E-state index contributed by atoms with van der Waals surface area (Å²) in [6.07, 6.45) is 8.82. The van der Waals surface area contributed by atoms with Crippen molar-refractivity contribution in [2.75, 3.05) is 98.2 Å². The Morgan fingerprint density at radius 1 is 0.550 bits per heavy atom. The van der Waals surface area contributed by atoms with Gasteiger partial charge in [0.05, 0.1) is 79.3 Å². The molecule has 2 N–H and O–H groups in total. The van der Waals surface area contributed by atoms with Crippen molar-refractivity contribution >= 4 is 11.7 Å². The highest BCUT2D eigenvalue weighted by Crippen LogP contribution is 2.12. The highest BCUT2D eigenvalue weighted by molar-refractivity contribution is 5.69. The maximum Gasteiger partial charge on any atom is 0.305 e. The smallest absolute Gasteiger partial charge is 0.305 e. The Morgan fingerprint density at radius 3 is 1.43 bits per heavy atom. The monoisotopic (exact) mass is 571 g/mol. The fourth-order valence-electron chi connectivity index (χ4n) is 3.50. The normalized spacial score (nSPS) is 11.1. The maximum atomic E-state index is 11.7. The molecule has 1 rings (SSSR count). The number of carbonyl (C=O) groups excluding carboxylic acids is 1. The second-order valence-electron chi connectivity index (χ2n) is 9.18. The number of nitrogen functional groups attached to an aromatic ring is 1. The molecule has 0 saturated heterocycles. The minimum absolute atomic E-state index is 0.138. The van der Waals surface area contributed by atoms with Crippen molar-refractivity contribution in [3.8, 4) is 5.75 Å². The van der Waals surface area contributed by atoms with E-state index in [0.717, 1.165) is 18.6 Å². The quantitative estimate of drug-likeness (QED) is 0.0807. The molecule has 0 aliphatic carbocycles. The standard InChI is InChI=1S/C30H53NO9/c1-2-3-4-5-6-7-8-9-30(32)40-27-25-38-23-21-36-19-17-34-15-14-33-16-18-35-20-22-37-24-26-39-29-12-10-28(31)11-13-29/h10-13H,2-9,14-27,31H2,1H3. The minimum atomic E-state index is -0.138. The largest absolute Gasteiger partial charge is 0.491 e. The van der Waals surface area contributed by atoms with Gasteiger partial charge in [-0.25, -0.2) is 0 Å². The summed E-state index contributed by atoms with van der Waals surface area (Å²) < 4.78 is 43.5. The SMILES string of the molecule is CCCCCCCCCC(=O)OCCOCCOCCOCCOCCOCCOCCOc1ccc(N)cc1. The van der Waals surface area contributed by atoms with Gasteiger partial charge >= 0.3 is 5.97 Å². The zero-order valence-electron chi connectivity index (χ0n) is 24.6. The Balaban J connectivity index is 1.68. The number of carbonyl (C=O) groups is 1. The molecule has 0 unspecified atom stereocenters. The van der Waals surface area contributed by atoms with Crippen LogP contribution in [0, 0.1) is 0 Å². The molecule has 0 bridgehead atoms. The van der Waals surface area contributed by atoms with Crippen molar-refractivity contribution in [1.82, 2.24) is 0 Å². The van der Waals surface area contributed by atoms with E-state index in [1.54, 1.807) is 12.1 Å². The maximum absolute atomic E-state index is 11.7. The number of esters is 1. The van der Waals surface area contributed by atoms with Gasteiger partial charge in [0.25, 0.3) is 0 Å². The van der Waals surface area contributed by atoms with Gasteiger partial charge in [-0.1, -0.05) is 45.4 Å². The van der Waals surface area contributed by atoms with E-state index in [-0.39, 0.29) is 5.97 Å². The summed E-state index contributed by atoms with van der Waals surface area (Å²) >= 11 is 0. The van der Waals surface area contributed by atoms with Gasteiger partial charge in [-0.05, 0) is 30.7 Å². The third kappa shape index (κ3) is 25.0. The molecule has 0 aliphatic heterocycles. The Bertz CT molecular complexity index is 676. The van der Waals surface area contributed by atoms with E-state index in [4.69, 9.17) is 43.6 Å². The lowest BCUT2D eigenvalue weighted by Crippen LogP contribution is -2.15. The van der Waals surface area contributed by atoms with Crippen LogP contribution in [0.25, 0.3) is 0 Å². The predicted molar refractivity (Wildman–Crippen MR) is 155 cm³/mol. The molecule has 232 valence electrons. The molecular formula is C30H53NO9. The number of benzene rings is 1. The van der Waals surface area contributed by atoms with Gasteiger partial charge in [0.2, 0.25) is 0 Å². The van der Waals surface area contributed by atoms with Crippen LogP contribution in [0.4, 0.5) is 5.69 Å². The van der Waals surface area contributed by atoms with Crippen LogP contribution in [0.5, 0.6) is 5.75 Å². The van der Waals surface area contributed by atoms with Crippen LogP contribution >= 0.6 is 0 Å². The molecule has 40 heavy (non-hydrogen) atoms. The van der Waals surface area contributed by atoms with E-state index < -0.39 is 0 Å². The molecule has 0 fully saturated rings. The molecule has 0 heterocycles. The van der Waals surface area contributed by atoms with E-state index >= 15 is 0 Å². The summed E-state index contributed by atoms with van der Waals surface area (Å²) in [5, 5.41) is 0. The fourth-order valence-corrected chi connectivity index (χ4v) is 3.50. The summed E-state index contributed by atoms with van der Waals surface area (Å²) in [4.78, 5) is 11.7. The number of hydrogen-bond donors (Lipinski definition) is 1. The van der Waals surface area contributed by atoms with Crippen LogP contribution in [0.15, 0.2) is 24.3 Å². The topological polar surface area (TPSA) is 117 Å². The van der Waals surface area contributed by atoms with Gasteiger partial charge in [0, 0.05) is 12.1 Å². The third-order valence-corrected chi connectivity index (χ3v) is 5.71. The average molecular weight is 572 g/mol. The Labute approximate surface area is 241 Å². The molecule has 10 heteroatoms. The summed E-state index contributed by atoms with van der Waals surface area (Å²) in [6.45, 7) is 8.81. The first kappa shape index (κ1) is 36.1. The Morgan fingerprint density at radius 2 is 0.950 bits per heavy atom. The number of unbranched alkanes of at least 4 members (excludes halogenated alkanes) is 6. The molecule has 0 radical (unpaired) electrons. The van der Waals surface area contributed by atoms with Crippen molar-refractivity contribution < 1.29 is 42.7 Å². The number of rotatable bonds is 30. The van der Waals surface area contributed by atoms with E-state index in [0.29, 0.717) is 105 Å². The zero-order chi connectivity index (χ0) is 28.8. The molecule has 1 aromatic rings. The fraction of sp³-hybridized carbons (Fsp3) is 0.767. The first-order valence-corrected chi connectivity index (χ1v) is 14.8. The lowest BCUT2D eigenvalue weighted by atomic mass is 10.1. The van der Waals surface area contributed by atoms with Crippen molar-refractivity contribution in [3.63, 3.8) is 0 Å². The van der Waals surface area contributed by atoms with Gasteiger partial charge in [0.1, 0.15) is 19.0 Å². The second-order valence-corrected chi connectivity index (χ2v) is 9.18. The predicted octanol–water partition coefficient (Wildman–Crippen LogP) is 4.43. The Kier molecular flexibility index (Phi) is 25.8. The molecule has 10 nitrogen and oxygen atoms in total. The third-order valence-electron chi connectivity index (χ3n) is 5.71. The average Bonchev–Trinajstić information content (AvgIpc) is 2.96. The van der Waals surface area contributed by atoms with Crippen LogP contribution in [0.3, 0.4) is 0 Å². The number of nitrogens with two attached hydrogens (primary N) is 1. The number of anilines is 1. The van der Waals surface area contributed by atoms with Gasteiger partial charge in [-0.15, -0.1) is 0 Å². The summed E-state index contributed by atoms with van der Waals surface area (Å²) in [5.74, 6) is 0.634. The van der Waals surface area contributed by atoms with E-state index in [1.165, 1.54) is 32.1 Å². The second kappa shape index (κ2) is 28.6. The van der Waals surface area contributed by atoms with Crippen LogP contribution in [-0.4, -0.2) is 98.5 Å². The Hall–Kier alpha value is -1.95. The highest BCUT2D eigenvalue weighted by Gasteiger charge is 2.02. The molecule has 0 amide bonds. The van der Waals surface area contributed by atoms with Crippen molar-refractivity contribution in [2.45, 2.75) is 58.3 Å². The summed E-state index contributed by atoms with van der Waals surface area (Å²) in [6, 6.07) is 7.26. The molecule has 0 aliphatic rings. The lowest BCUT2D eigenvalue weighted by Gasteiger charge is -2.09. The van der Waals surface area contributed by atoms with Gasteiger partial charge in [-0.3, -0.25) is 4.79 Å². The van der Waals surface area contributed by atoms with Crippen molar-refractivity contribution in [3.05, 3.63) is 24.3 Å². The zero-order valence-corrected chi connectivity index (χ0v) is 24.6. The van der Waals surface area contributed by atoms with Crippen LogP contribution in [0.2, 0.25) is 0 Å². The molecule has 0 aromatic heterocycles. The first-order chi connectivity index (χ1) is 19.7. The van der Waals surface area contributed by atoms with Gasteiger partial charge in [0.15, 0.2) is 0 Å². The van der Waals surface area contributed by atoms with E-state index in [9.17, 15) is 4.79 Å². The molecule has 0 saturated carbocycles. The highest BCUT2D eigenvalue weighted by atomic mass is 16.6. The molecule has 1 aromatic carbocycles. The van der Waals surface area contributed by atoms with Gasteiger partial charge in [-0.2, -0.15) is 0 Å². The van der Waals surface area contributed by atoms with E-state index in [2.05, 4.69) is 6.92 Å². The van der Waals surface area contributed by atoms with Crippen LogP contribution in [-0.2, 0) is 38.0 Å². The minimum Gasteiger partial charge on any atom is -0.491 e. The van der Waals surface area contributed by atoms with Crippen LogP contribution < -0.4 is 10.5 Å². The van der Waals surface area contributed by atoms with Crippen molar-refractivity contribution in [2.24, 2.45) is 0 Å². The first-order valence-electron chi connectivity index (χ1n) is 14.8. The lowest BCUT2D eigenvalue weighted by molar-refractivity contribution is -0.145. The van der Waals surface area contributed by atoms with E-state index in [1.807, 2.05) is 12.1 Å². The molecule has 0 atom stereocenters. The molecule has 0 spiro atoms. The number of ether oxygens (including phenoxy) is 8. The summed E-state index contributed by atoms with van der Waals surface area (Å²) in [7, 11) is 0. The summed E-state index contributed by atoms with van der Waals surface area (Å²) in [5.41, 5.74) is 6.34.